The first-order valence-corrected chi connectivity index (χ1v) is 9.08. The van der Waals surface area contributed by atoms with Gasteiger partial charge in [-0.1, -0.05) is 18.2 Å². The second-order valence-corrected chi connectivity index (χ2v) is 6.41. The standard InChI is InChI=1S/C20H25F3N4O.HI/c1-15-6-5-7-18(28)27(15)13-4-3-12-25-19(24-2)26-14-16-8-10-17(11-9-16)20(21,22)23;/h5-11H,3-4,12-14H2,1-2H3,(H2,24,25,26);1H. The van der Waals surface area contributed by atoms with Crippen molar-refractivity contribution in [2.75, 3.05) is 13.6 Å². The van der Waals surface area contributed by atoms with E-state index in [-0.39, 0.29) is 29.5 Å². The van der Waals surface area contributed by atoms with Gasteiger partial charge < -0.3 is 15.2 Å². The van der Waals surface area contributed by atoms with Gasteiger partial charge in [0.1, 0.15) is 0 Å². The number of hydrogen-bond donors (Lipinski definition) is 2. The average Bonchev–Trinajstić information content (AvgIpc) is 2.65. The van der Waals surface area contributed by atoms with Crippen LogP contribution in [0.3, 0.4) is 0 Å². The summed E-state index contributed by atoms with van der Waals surface area (Å²) in [5.41, 5.74) is 1.01. The molecule has 0 atom stereocenters. The SMILES string of the molecule is CN=C(NCCCCn1c(C)cccc1=O)NCc1ccc(C(F)(F)F)cc1.I. The summed E-state index contributed by atoms with van der Waals surface area (Å²) in [6.07, 6.45) is -2.64. The van der Waals surface area contributed by atoms with Crippen molar-refractivity contribution in [3.63, 3.8) is 0 Å². The van der Waals surface area contributed by atoms with Crippen molar-refractivity contribution in [3.05, 3.63) is 69.6 Å². The minimum absolute atomic E-state index is 0. The van der Waals surface area contributed by atoms with Gasteiger partial charge in [-0.3, -0.25) is 9.79 Å². The van der Waals surface area contributed by atoms with Crippen LogP contribution in [0.25, 0.3) is 0 Å². The number of nitrogens with one attached hydrogen (secondary N) is 2. The van der Waals surface area contributed by atoms with Gasteiger partial charge in [0, 0.05) is 38.4 Å². The van der Waals surface area contributed by atoms with Gasteiger partial charge in [-0.2, -0.15) is 13.2 Å². The molecule has 0 aliphatic carbocycles. The Morgan fingerprint density at radius 2 is 1.76 bits per heavy atom. The number of alkyl halides is 3. The van der Waals surface area contributed by atoms with Gasteiger partial charge in [0.2, 0.25) is 0 Å². The van der Waals surface area contributed by atoms with Gasteiger partial charge in [-0.25, -0.2) is 0 Å². The topological polar surface area (TPSA) is 58.4 Å². The predicted molar refractivity (Wildman–Crippen MR) is 120 cm³/mol. The Labute approximate surface area is 185 Å². The van der Waals surface area contributed by atoms with Crippen LogP contribution >= 0.6 is 24.0 Å². The molecule has 2 rings (SSSR count). The molecule has 160 valence electrons. The van der Waals surface area contributed by atoms with E-state index in [2.05, 4.69) is 15.6 Å². The van der Waals surface area contributed by atoms with Crippen LogP contribution in [0.2, 0.25) is 0 Å². The van der Waals surface area contributed by atoms with Crippen molar-refractivity contribution >= 4 is 29.9 Å². The van der Waals surface area contributed by atoms with E-state index in [0.29, 0.717) is 25.6 Å². The van der Waals surface area contributed by atoms with Crippen LogP contribution < -0.4 is 16.2 Å². The van der Waals surface area contributed by atoms with E-state index >= 15 is 0 Å². The number of halogens is 4. The third-order valence-corrected chi connectivity index (χ3v) is 4.33. The van der Waals surface area contributed by atoms with Crippen molar-refractivity contribution < 1.29 is 13.2 Å². The van der Waals surface area contributed by atoms with Crippen molar-refractivity contribution in [1.29, 1.82) is 0 Å². The lowest BCUT2D eigenvalue weighted by atomic mass is 10.1. The largest absolute Gasteiger partial charge is 0.416 e. The number of aromatic nitrogens is 1. The molecule has 29 heavy (non-hydrogen) atoms. The molecule has 1 aromatic heterocycles. The molecule has 0 unspecified atom stereocenters. The fraction of sp³-hybridized carbons (Fsp3) is 0.400. The number of benzene rings is 1. The van der Waals surface area contributed by atoms with Crippen LogP contribution in [-0.4, -0.2) is 24.1 Å². The lowest BCUT2D eigenvalue weighted by Gasteiger charge is -2.13. The zero-order chi connectivity index (χ0) is 20.6. The zero-order valence-corrected chi connectivity index (χ0v) is 18.8. The van der Waals surface area contributed by atoms with Gasteiger partial charge in [0.25, 0.3) is 5.56 Å². The van der Waals surface area contributed by atoms with Gasteiger partial charge in [0.15, 0.2) is 5.96 Å². The molecule has 1 aromatic carbocycles. The number of aliphatic imine (C=N–C) groups is 1. The number of hydrogen-bond acceptors (Lipinski definition) is 2. The van der Waals surface area contributed by atoms with Crippen LogP contribution in [0.5, 0.6) is 0 Å². The molecule has 9 heteroatoms. The van der Waals surface area contributed by atoms with Crippen LogP contribution in [-0.2, 0) is 19.3 Å². The van der Waals surface area contributed by atoms with E-state index in [1.807, 2.05) is 13.0 Å². The van der Waals surface area contributed by atoms with Crippen LogP contribution in [0.4, 0.5) is 13.2 Å². The Balaban J connectivity index is 0.00000420. The number of unbranched alkanes of at least 4 members (excludes halogenated alkanes) is 1. The van der Waals surface area contributed by atoms with Gasteiger partial charge in [-0.15, -0.1) is 24.0 Å². The Kier molecular flexibility index (Phi) is 10.2. The molecule has 0 radical (unpaired) electrons. The highest BCUT2D eigenvalue weighted by atomic mass is 127. The van der Waals surface area contributed by atoms with E-state index in [1.165, 1.54) is 12.1 Å². The monoisotopic (exact) mass is 522 g/mol. The highest BCUT2D eigenvalue weighted by Crippen LogP contribution is 2.28. The summed E-state index contributed by atoms with van der Waals surface area (Å²) in [7, 11) is 1.63. The average molecular weight is 522 g/mol. The molecule has 0 saturated heterocycles. The summed E-state index contributed by atoms with van der Waals surface area (Å²) >= 11 is 0. The molecule has 0 aliphatic rings. The number of rotatable bonds is 7. The molecule has 0 saturated carbocycles. The molecule has 0 bridgehead atoms. The second kappa shape index (κ2) is 11.8. The fourth-order valence-electron chi connectivity index (χ4n) is 2.73. The van der Waals surface area contributed by atoms with E-state index < -0.39 is 11.7 Å². The summed E-state index contributed by atoms with van der Waals surface area (Å²) in [5.74, 6) is 0.577. The molecule has 0 spiro atoms. The first-order chi connectivity index (χ1) is 13.3. The van der Waals surface area contributed by atoms with Crippen molar-refractivity contribution in [2.45, 2.75) is 39.0 Å². The Bertz CT molecular complexity index is 848. The van der Waals surface area contributed by atoms with Crippen LogP contribution in [0, 0.1) is 6.92 Å². The van der Waals surface area contributed by atoms with E-state index in [4.69, 9.17) is 0 Å². The maximum Gasteiger partial charge on any atom is 0.416 e. The normalized spacial score (nSPS) is 11.7. The summed E-state index contributed by atoms with van der Waals surface area (Å²) in [4.78, 5) is 15.9. The highest BCUT2D eigenvalue weighted by molar-refractivity contribution is 14.0. The quantitative estimate of drug-likeness (QED) is 0.251. The molecule has 2 N–H and O–H groups in total. The summed E-state index contributed by atoms with van der Waals surface area (Å²) < 4.78 is 39.5. The number of nitrogens with zero attached hydrogens (tertiary/aromatic N) is 2. The molecule has 0 fully saturated rings. The van der Waals surface area contributed by atoms with Crippen LogP contribution in [0.15, 0.2) is 52.3 Å². The summed E-state index contributed by atoms with van der Waals surface area (Å²) in [6, 6.07) is 10.3. The lowest BCUT2D eigenvalue weighted by Crippen LogP contribution is -2.37. The zero-order valence-electron chi connectivity index (χ0n) is 16.4. The molecule has 5 nitrogen and oxygen atoms in total. The Morgan fingerprint density at radius 3 is 2.34 bits per heavy atom. The molecule has 2 aromatic rings. The van der Waals surface area contributed by atoms with Gasteiger partial charge in [0.05, 0.1) is 5.56 Å². The number of guanidine groups is 1. The molecule has 0 aliphatic heterocycles. The summed E-state index contributed by atoms with van der Waals surface area (Å²) in [5, 5.41) is 6.24. The molecular weight excluding hydrogens is 496 g/mol. The van der Waals surface area contributed by atoms with E-state index in [1.54, 1.807) is 23.7 Å². The van der Waals surface area contributed by atoms with Crippen molar-refractivity contribution in [1.82, 2.24) is 15.2 Å². The first kappa shape index (κ1) is 25.0. The molecular formula is C20H26F3IN4O. The van der Waals surface area contributed by atoms with Gasteiger partial charge >= 0.3 is 6.18 Å². The van der Waals surface area contributed by atoms with E-state index in [9.17, 15) is 18.0 Å². The highest BCUT2D eigenvalue weighted by Gasteiger charge is 2.29. The lowest BCUT2D eigenvalue weighted by molar-refractivity contribution is -0.137. The minimum atomic E-state index is -4.33. The first-order valence-electron chi connectivity index (χ1n) is 9.08. The smallest absolute Gasteiger partial charge is 0.356 e. The van der Waals surface area contributed by atoms with Crippen LogP contribution in [0.1, 0.15) is 29.7 Å². The fourth-order valence-corrected chi connectivity index (χ4v) is 2.73. The number of pyridine rings is 1. The predicted octanol–water partition coefficient (Wildman–Crippen LogP) is 3.94. The van der Waals surface area contributed by atoms with Gasteiger partial charge in [-0.05, 0) is 43.5 Å². The Hall–Kier alpha value is -2.04. The third-order valence-electron chi connectivity index (χ3n) is 4.33. The van der Waals surface area contributed by atoms with E-state index in [0.717, 1.165) is 36.2 Å². The maximum atomic E-state index is 12.6. The Morgan fingerprint density at radius 1 is 1.07 bits per heavy atom. The van der Waals surface area contributed by atoms with Crippen molar-refractivity contribution in [3.8, 4) is 0 Å². The third kappa shape index (κ3) is 8.08. The molecule has 0 amide bonds. The minimum Gasteiger partial charge on any atom is -0.356 e. The summed E-state index contributed by atoms with van der Waals surface area (Å²) in [6.45, 7) is 3.61. The molecule has 1 heterocycles. The maximum absolute atomic E-state index is 12.6. The second-order valence-electron chi connectivity index (χ2n) is 6.41. The van der Waals surface area contributed by atoms with Crippen molar-refractivity contribution in [2.24, 2.45) is 4.99 Å². The number of aryl methyl sites for hydroxylation is 1.